The molecule has 0 bridgehead atoms. The highest BCUT2D eigenvalue weighted by molar-refractivity contribution is 4.97. The molecule has 0 saturated carbocycles. The van der Waals surface area contributed by atoms with Gasteiger partial charge in [-0.15, -0.1) is 0 Å². The fourth-order valence-electron chi connectivity index (χ4n) is 1.33. The van der Waals surface area contributed by atoms with Gasteiger partial charge in [-0.3, -0.25) is 0 Å². The monoisotopic (exact) mass is 195 g/mol. The van der Waals surface area contributed by atoms with Crippen LogP contribution in [0.2, 0.25) is 0 Å². The van der Waals surface area contributed by atoms with Gasteiger partial charge < -0.3 is 9.88 Å². The van der Waals surface area contributed by atoms with Crippen molar-refractivity contribution in [2.45, 2.75) is 40.3 Å². The van der Waals surface area contributed by atoms with E-state index in [9.17, 15) is 0 Å². The van der Waals surface area contributed by atoms with Crippen LogP contribution in [0.3, 0.4) is 0 Å². The smallest absolute Gasteiger partial charge is 0.0948 e. The summed E-state index contributed by atoms with van der Waals surface area (Å²) in [5, 5.41) is 3.15. The maximum Gasteiger partial charge on any atom is 0.0948 e. The average molecular weight is 195 g/mol. The summed E-state index contributed by atoms with van der Waals surface area (Å²) in [4.78, 5) is 4.16. The zero-order valence-electron chi connectivity index (χ0n) is 9.67. The zero-order valence-corrected chi connectivity index (χ0v) is 9.67. The van der Waals surface area contributed by atoms with Crippen LogP contribution < -0.4 is 5.32 Å². The van der Waals surface area contributed by atoms with Crippen LogP contribution in [0.15, 0.2) is 12.5 Å². The normalized spacial score (nSPS) is 12.0. The topological polar surface area (TPSA) is 29.9 Å². The molecule has 0 aliphatic heterocycles. The molecule has 0 atom stereocenters. The Bertz CT molecular complexity index is 270. The van der Waals surface area contributed by atoms with E-state index < -0.39 is 0 Å². The SMILES string of the molecule is CNCc1cncn1CCC(C)(C)C. The molecule has 14 heavy (non-hydrogen) atoms. The van der Waals surface area contributed by atoms with Crippen molar-refractivity contribution in [3.8, 4) is 0 Å². The fourth-order valence-corrected chi connectivity index (χ4v) is 1.33. The number of nitrogens with zero attached hydrogens (tertiary/aromatic N) is 2. The number of nitrogens with one attached hydrogen (secondary N) is 1. The van der Waals surface area contributed by atoms with Crippen molar-refractivity contribution >= 4 is 0 Å². The zero-order chi connectivity index (χ0) is 10.6. The van der Waals surface area contributed by atoms with Gasteiger partial charge in [0.05, 0.1) is 12.0 Å². The highest BCUT2D eigenvalue weighted by Gasteiger charge is 2.10. The van der Waals surface area contributed by atoms with Crippen LogP contribution in [0.4, 0.5) is 0 Å². The largest absolute Gasteiger partial charge is 0.333 e. The van der Waals surface area contributed by atoms with Gasteiger partial charge in [-0.05, 0) is 18.9 Å². The van der Waals surface area contributed by atoms with Crippen molar-refractivity contribution in [1.82, 2.24) is 14.9 Å². The molecule has 1 N–H and O–H groups in total. The van der Waals surface area contributed by atoms with E-state index in [1.807, 2.05) is 19.6 Å². The molecule has 0 fully saturated rings. The van der Waals surface area contributed by atoms with Gasteiger partial charge in [0, 0.05) is 19.3 Å². The number of aromatic nitrogens is 2. The quantitative estimate of drug-likeness (QED) is 0.796. The molecule has 0 aromatic carbocycles. The number of imidazole rings is 1. The molecular weight excluding hydrogens is 174 g/mol. The summed E-state index contributed by atoms with van der Waals surface area (Å²) in [6, 6.07) is 0. The van der Waals surface area contributed by atoms with Crippen molar-refractivity contribution in [1.29, 1.82) is 0 Å². The maximum absolute atomic E-state index is 4.16. The van der Waals surface area contributed by atoms with Crippen molar-refractivity contribution in [2.24, 2.45) is 5.41 Å². The van der Waals surface area contributed by atoms with E-state index >= 15 is 0 Å². The van der Waals surface area contributed by atoms with E-state index in [1.54, 1.807) is 0 Å². The third-order valence-corrected chi connectivity index (χ3v) is 2.26. The Labute approximate surface area is 86.5 Å². The van der Waals surface area contributed by atoms with Gasteiger partial charge in [-0.1, -0.05) is 20.8 Å². The molecule has 0 spiro atoms. The highest BCUT2D eigenvalue weighted by atomic mass is 15.1. The van der Waals surface area contributed by atoms with Crippen LogP contribution in [-0.2, 0) is 13.1 Å². The molecule has 3 heteroatoms. The predicted octanol–water partition coefficient (Wildman–Crippen LogP) is 2.04. The molecule has 1 aromatic rings. The van der Waals surface area contributed by atoms with Crippen molar-refractivity contribution in [2.75, 3.05) is 7.05 Å². The first-order chi connectivity index (χ1) is 6.53. The lowest BCUT2D eigenvalue weighted by Gasteiger charge is -2.19. The summed E-state index contributed by atoms with van der Waals surface area (Å²) in [7, 11) is 1.96. The Hall–Kier alpha value is -0.830. The van der Waals surface area contributed by atoms with Gasteiger partial charge in [0.15, 0.2) is 0 Å². The van der Waals surface area contributed by atoms with Gasteiger partial charge >= 0.3 is 0 Å². The van der Waals surface area contributed by atoms with Crippen LogP contribution >= 0.6 is 0 Å². The van der Waals surface area contributed by atoms with Gasteiger partial charge in [0.1, 0.15) is 0 Å². The minimum atomic E-state index is 0.390. The van der Waals surface area contributed by atoms with Gasteiger partial charge in [0.2, 0.25) is 0 Å². The summed E-state index contributed by atoms with van der Waals surface area (Å²) >= 11 is 0. The third-order valence-electron chi connectivity index (χ3n) is 2.26. The highest BCUT2D eigenvalue weighted by Crippen LogP contribution is 2.19. The molecule has 0 unspecified atom stereocenters. The maximum atomic E-state index is 4.16. The molecule has 1 heterocycles. The van der Waals surface area contributed by atoms with Crippen LogP contribution in [0.5, 0.6) is 0 Å². The van der Waals surface area contributed by atoms with Crippen LogP contribution in [0.25, 0.3) is 0 Å². The first-order valence-electron chi connectivity index (χ1n) is 5.16. The van der Waals surface area contributed by atoms with Crippen molar-refractivity contribution < 1.29 is 0 Å². The molecule has 0 aliphatic rings. The van der Waals surface area contributed by atoms with E-state index in [1.165, 1.54) is 12.1 Å². The Morgan fingerprint density at radius 1 is 1.43 bits per heavy atom. The third kappa shape index (κ3) is 3.50. The van der Waals surface area contributed by atoms with E-state index in [-0.39, 0.29) is 0 Å². The van der Waals surface area contributed by atoms with Crippen LogP contribution in [-0.4, -0.2) is 16.6 Å². The number of hydrogen-bond donors (Lipinski definition) is 1. The summed E-state index contributed by atoms with van der Waals surface area (Å²) < 4.78 is 2.22. The first-order valence-corrected chi connectivity index (χ1v) is 5.16. The van der Waals surface area contributed by atoms with E-state index in [0.29, 0.717) is 5.41 Å². The molecule has 0 saturated heterocycles. The second-order valence-corrected chi connectivity index (χ2v) is 4.92. The lowest BCUT2D eigenvalue weighted by molar-refractivity contribution is 0.347. The summed E-state index contributed by atoms with van der Waals surface area (Å²) in [5.74, 6) is 0. The second-order valence-electron chi connectivity index (χ2n) is 4.92. The summed E-state index contributed by atoms with van der Waals surface area (Å²) in [6.07, 6.45) is 5.03. The van der Waals surface area contributed by atoms with Crippen LogP contribution in [0.1, 0.15) is 32.9 Å². The van der Waals surface area contributed by atoms with Gasteiger partial charge in [0.25, 0.3) is 0 Å². The van der Waals surface area contributed by atoms with E-state index in [0.717, 1.165) is 13.1 Å². The molecule has 0 aliphatic carbocycles. The van der Waals surface area contributed by atoms with E-state index in [2.05, 4.69) is 35.6 Å². The number of rotatable bonds is 4. The summed E-state index contributed by atoms with van der Waals surface area (Å²) in [5.41, 5.74) is 1.65. The van der Waals surface area contributed by atoms with Crippen molar-refractivity contribution in [3.63, 3.8) is 0 Å². The predicted molar refractivity (Wildman–Crippen MR) is 59.1 cm³/mol. The fraction of sp³-hybridized carbons (Fsp3) is 0.727. The lowest BCUT2D eigenvalue weighted by atomic mass is 9.92. The molecule has 1 aromatic heterocycles. The standard InChI is InChI=1S/C11H21N3/c1-11(2,3)5-6-14-9-13-8-10(14)7-12-4/h8-9,12H,5-7H2,1-4H3. The van der Waals surface area contributed by atoms with E-state index in [4.69, 9.17) is 0 Å². The molecule has 80 valence electrons. The summed E-state index contributed by atoms with van der Waals surface area (Å²) in [6.45, 7) is 8.75. The van der Waals surface area contributed by atoms with Gasteiger partial charge in [-0.25, -0.2) is 4.98 Å². The number of hydrogen-bond acceptors (Lipinski definition) is 2. The molecule has 3 nitrogen and oxygen atoms in total. The molecule has 0 radical (unpaired) electrons. The van der Waals surface area contributed by atoms with Crippen LogP contribution in [0, 0.1) is 5.41 Å². The average Bonchev–Trinajstić information content (AvgIpc) is 2.48. The Kier molecular flexibility index (Phi) is 3.69. The number of aryl methyl sites for hydroxylation is 1. The molecule has 0 amide bonds. The minimum Gasteiger partial charge on any atom is -0.333 e. The Balaban J connectivity index is 2.53. The van der Waals surface area contributed by atoms with Crippen molar-refractivity contribution in [3.05, 3.63) is 18.2 Å². The molecular formula is C11H21N3. The Morgan fingerprint density at radius 2 is 2.14 bits per heavy atom. The lowest BCUT2D eigenvalue weighted by Crippen LogP contribution is -2.14. The Morgan fingerprint density at radius 3 is 2.71 bits per heavy atom. The molecule has 1 rings (SSSR count). The minimum absolute atomic E-state index is 0.390. The first kappa shape index (κ1) is 11.2. The second kappa shape index (κ2) is 4.60. The van der Waals surface area contributed by atoms with Gasteiger partial charge in [-0.2, -0.15) is 0 Å².